The Hall–Kier alpha value is -4.63. The van der Waals surface area contributed by atoms with Gasteiger partial charge >= 0.3 is 24.4 Å². The van der Waals surface area contributed by atoms with Crippen LogP contribution in [0.1, 0.15) is 86.6 Å². The number of carbonyl (C=O) groups is 2. The van der Waals surface area contributed by atoms with Gasteiger partial charge in [-0.1, -0.05) is 6.92 Å². The molecule has 1 aliphatic rings. The molecule has 49 heavy (non-hydrogen) atoms. The zero-order valence-electron chi connectivity index (χ0n) is 27.8. The Labute approximate surface area is 279 Å². The molecule has 16 heteroatoms. The lowest BCUT2D eigenvalue weighted by molar-refractivity contribution is -0.143. The quantitative estimate of drug-likeness (QED) is 0.178. The fourth-order valence-electron chi connectivity index (χ4n) is 5.43. The van der Waals surface area contributed by atoms with Gasteiger partial charge in [-0.05, 0) is 75.4 Å². The van der Waals surface area contributed by atoms with Crippen LogP contribution in [0.3, 0.4) is 0 Å². The minimum atomic E-state index is -5.03. The van der Waals surface area contributed by atoms with Crippen LogP contribution in [-0.2, 0) is 39.5 Å². The van der Waals surface area contributed by atoms with Crippen molar-refractivity contribution in [3.8, 4) is 5.88 Å². The van der Waals surface area contributed by atoms with Crippen LogP contribution in [0.4, 0.5) is 42.8 Å². The molecule has 0 aliphatic carbocycles. The van der Waals surface area contributed by atoms with Gasteiger partial charge in [0.25, 0.3) is 0 Å². The number of ether oxygens (including phenoxy) is 3. The highest BCUT2D eigenvalue weighted by Crippen LogP contribution is 2.41. The van der Waals surface area contributed by atoms with Gasteiger partial charge in [0.05, 0.1) is 48.5 Å². The molecule has 266 valence electrons. The number of pyridine rings is 1. The predicted octanol–water partition coefficient (Wildman–Crippen LogP) is 7.69. The molecule has 0 radical (unpaired) electrons. The molecule has 2 unspecified atom stereocenters. The summed E-state index contributed by atoms with van der Waals surface area (Å²) in [4.78, 5) is 40.2. The second-order valence-corrected chi connectivity index (χ2v) is 12.4. The average Bonchev–Trinajstić information content (AvgIpc) is 3.01. The normalized spacial score (nSPS) is 16.5. The number of carbonyl (C=O) groups excluding carboxylic acids is 2. The molecule has 10 nitrogen and oxygen atoms in total. The molecule has 1 aliphatic heterocycles. The molecule has 2 aromatic heterocycles. The molecule has 0 spiro atoms. The van der Waals surface area contributed by atoms with Crippen molar-refractivity contribution in [2.45, 2.75) is 89.8 Å². The minimum Gasteiger partial charge on any atom is -0.481 e. The van der Waals surface area contributed by atoms with Crippen LogP contribution in [0.25, 0.3) is 0 Å². The average molecular weight is 698 g/mol. The number of amides is 1. The highest BCUT2D eigenvalue weighted by atomic mass is 19.4. The van der Waals surface area contributed by atoms with E-state index < -0.39 is 53.6 Å². The number of aromatic nitrogens is 3. The number of methoxy groups -OCH3 is 2. The van der Waals surface area contributed by atoms with Crippen molar-refractivity contribution >= 4 is 23.7 Å². The van der Waals surface area contributed by atoms with Crippen LogP contribution in [0.15, 0.2) is 36.5 Å². The molecule has 1 N–H and O–H groups in total. The summed E-state index contributed by atoms with van der Waals surface area (Å²) in [6.07, 6.45) is -8.99. The summed E-state index contributed by atoms with van der Waals surface area (Å²) >= 11 is 0. The maximum atomic E-state index is 13.6. The number of halogens is 6. The Morgan fingerprint density at radius 1 is 0.980 bits per heavy atom. The second-order valence-electron chi connectivity index (χ2n) is 12.4. The first-order valence-electron chi connectivity index (χ1n) is 15.4. The molecule has 2 atom stereocenters. The van der Waals surface area contributed by atoms with Crippen LogP contribution in [0, 0.1) is 0 Å². The lowest BCUT2D eigenvalue weighted by atomic mass is 9.93. The van der Waals surface area contributed by atoms with Crippen LogP contribution in [0.2, 0.25) is 0 Å². The molecule has 4 rings (SSSR count). The number of fused-ring (bicyclic) bond motifs is 1. The van der Waals surface area contributed by atoms with E-state index in [1.165, 1.54) is 25.3 Å². The van der Waals surface area contributed by atoms with Gasteiger partial charge in [0.2, 0.25) is 11.8 Å². The van der Waals surface area contributed by atoms with Crippen molar-refractivity contribution in [3.63, 3.8) is 0 Å². The summed E-state index contributed by atoms with van der Waals surface area (Å²) in [5.41, 5.74) is -2.70. The van der Waals surface area contributed by atoms with Crippen molar-refractivity contribution in [2.24, 2.45) is 0 Å². The zero-order chi connectivity index (χ0) is 36.3. The van der Waals surface area contributed by atoms with Gasteiger partial charge in [-0.15, -0.1) is 0 Å². The fourth-order valence-corrected chi connectivity index (χ4v) is 5.43. The Kier molecular flexibility index (Phi) is 11.0. The van der Waals surface area contributed by atoms with Crippen molar-refractivity contribution < 1.29 is 50.1 Å². The molecule has 0 saturated carbocycles. The summed E-state index contributed by atoms with van der Waals surface area (Å²) in [5, 5.41) is 3.19. The molecule has 1 amide bonds. The zero-order valence-corrected chi connectivity index (χ0v) is 27.8. The van der Waals surface area contributed by atoms with Crippen LogP contribution >= 0.6 is 0 Å². The summed E-state index contributed by atoms with van der Waals surface area (Å²) in [6.45, 7) is 7.15. The number of alkyl halides is 6. The van der Waals surface area contributed by atoms with Gasteiger partial charge in [-0.3, -0.25) is 9.69 Å². The second kappa shape index (κ2) is 14.5. The number of aryl methyl sites for hydroxylation is 1. The first-order chi connectivity index (χ1) is 22.8. The lowest BCUT2D eigenvalue weighted by Crippen LogP contribution is -2.48. The fraction of sp³-hybridized carbons (Fsp3) is 0.485. The van der Waals surface area contributed by atoms with Gasteiger partial charge in [0.15, 0.2) is 0 Å². The summed E-state index contributed by atoms with van der Waals surface area (Å²) < 4.78 is 97.4. The number of esters is 1. The smallest absolute Gasteiger partial charge is 0.416 e. The van der Waals surface area contributed by atoms with E-state index in [2.05, 4.69) is 25.0 Å². The minimum absolute atomic E-state index is 0.000907. The van der Waals surface area contributed by atoms with E-state index >= 15 is 0 Å². The highest BCUT2D eigenvalue weighted by Gasteiger charge is 2.40. The Balaban J connectivity index is 1.77. The number of nitrogens with zero attached hydrogens (tertiary/aromatic N) is 4. The molecular weight excluding hydrogens is 660 g/mol. The van der Waals surface area contributed by atoms with E-state index in [1.807, 2.05) is 6.92 Å². The number of anilines is 2. The van der Waals surface area contributed by atoms with Gasteiger partial charge < -0.3 is 19.5 Å². The summed E-state index contributed by atoms with van der Waals surface area (Å²) in [7, 11) is 2.62. The van der Waals surface area contributed by atoms with Crippen molar-refractivity contribution in [1.82, 2.24) is 15.0 Å². The standard InChI is InChI=1S/C33H37F6N5O5/c1-7-22-16-24(28-25(9-10-26(43-28)47-5)44(22)30(46)49-31(2,3)4)42-29-40-17-19(8-11-27(45)48-6)23(41-29)14-18-12-20(32(34,35)36)15-21(13-18)33(37,38)39/h9-10,12-13,15,17,22,24H,7-8,11,14,16H2,1-6H3,(H,40,41,42). The SMILES string of the molecule is CCC1CC(Nc2ncc(CCC(=O)OC)c(Cc3cc(C(F)(F)F)cc(C(F)(F)F)c3)n2)c2nc(OC)ccc2N1C(=O)OC(C)(C)C. The third kappa shape index (κ3) is 9.29. The largest absolute Gasteiger partial charge is 0.481 e. The number of rotatable bonds is 9. The van der Waals surface area contributed by atoms with Crippen LogP contribution in [-0.4, -0.2) is 52.9 Å². The van der Waals surface area contributed by atoms with Crippen molar-refractivity contribution in [1.29, 1.82) is 0 Å². The Bertz CT molecular complexity index is 1640. The number of hydrogen-bond donors (Lipinski definition) is 1. The predicted molar refractivity (Wildman–Crippen MR) is 166 cm³/mol. The van der Waals surface area contributed by atoms with Gasteiger partial charge in [0, 0.05) is 31.1 Å². The number of hydrogen-bond acceptors (Lipinski definition) is 9. The van der Waals surface area contributed by atoms with Crippen LogP contribution in [0.5, 0.6) is 5.88 Å². The number of nitrogens with one attached hydrogen (secondary N) is 1. The third-order valence-electron chi connectivity index (χ3n) is 7.71. The highest BCUT2D eigenvalue weighted by molar-refractivity contribution is 5.90. The van der Waals surface area contributed by atoms with E-state index in [0.29, 0.717) is 41.9 Å². The van der Waals surface area contributed by atoms with Crippen molar-refractivity contribution in [3.05, 3.63) is 70.2 Å². The Morgan fingerprint density at radius 3 is 2.18 bits per heavy atom. The topological polar surface area (TPSA) is 116 Å². The maximum Gasteiger partial charge on any atom is 0.416 e. The van der Waals surface area contributed by atoms with E-state index in [0.717, 1.165) is 0 Å². The van der Waals surface area contributed by atoms with E-state index in [1.54, 1.807) is 32.9 Å². The summed E-state index contributed by atoms with van der Waals surface area (Å²) in [5.74, 6) is -0.319. The van der Waals surface area contributed by atoms with E-state index in [4.69, 9.17) is 9.47 Å². The first kappa shape index (κ1) is 37.2. The summed E-state index contributed by atoms with van der Waals surface area (Å²) in [6, 6.07) is 3.64. The number of benzene rings is 1. The van der Waals surface area contributed by atoms with Crippen molar-refractivity contribution in [2.75, 3.05) is 24.4 Å². The monoisotopic (exact) mass is 697 g/mol. The molecule has 0 saturated heterocycles. The van der Waals surface area contributed by atoms with Crippen LogP contribution < -0.4 is 15.0 Å². The molecule has 3 aromatic rings. The molecule has 0 bridgehead atoms. The maximum absolute atomic E-state index is 13.6. The van der Waals surface area contributed by atoms with E-state index in [9.17, 15) is 35.9 Å². The first-order valence-corrected chi connectivity index (χ1v) is 15.4. The van der Waals surface area contributed by atoms with Gasteiger partial charge in [0.1, 0.15) is 5.60 Å². The third-order valence-corrected chi connectivity index (χ3v) is 7.71. The molecule has 3 heterocycles. The Morgan fingerprint density at radius 2 is 1.63 bits per heavy atom. The molecule has 0 fully saturated rings. The lowest BCUT2D eigenvalue weighted by Gasteiger charge is -2.40. The molecular formula is C33H37F6N5O5. The van der Waals surface area contributed by atoms with Gasteiger partial charge in [-0.2, -0.15) is 26.3 Å². The van der Waals surface area contributed by atoms with E-state index in [-0.39, 0.29) is 48.0 Å². The molecule has 1 aromatic carbocycles. The van der Waals surface area contributed by atoms with Gasteiger partial charge in [-0.25, -0.2) is 19.7 Å².